The zero-order chi connectivity index (χ0) is 14.8. The summed E-state index contributed by atoms with van der Waals surface area (Å²) in [5.74, 6) is 1.70. The highest BCUT2D eigenvalue weighted by molar-refractivity contribution is 7.18. The lowest BCUT2D eigenvalue weighted by atomic mass is 10.2. The fourth-order valence-corrected chi connectivity index (χ4v) is 3.58. The summed E-state index contributed by atoms with van der Waals surface area (Å²) in [5, 5.41) is 13.2. The van der Waals surface area contributed by atoms with Crippen molar-refractivity contribution in [3.8, 4) is 0 Å². The highest BCUT2D eigenvalue weighted by atomic mass is 32.1. The number of nitrogens with one attached hydrogen (secondary N) is 1. The van der Waals surface area contributed by atoms with Gasteiger partial charge in [0.15, 0.2) is 0 Å². The highest BCUT2D eigenvalue weighted by Gasteiger charge is 2.21. The number of nitrogens with zero attached hydrogens (tertiary/aromatic N) is 4. The van der Waals surface area contributed by atoms with Crippen LogP contribution in [0.5, 0.6) is 0 Å². The molecule has 21 heavy (non-hydrogen) atoms. The monoisotopic (exact) mass is 307 g/mol. The average Bonchev–Trinajstić information content (AvgIpc) is 2.87. The first-order valence-electron chi connectivity index (χ1n) is 7.25. The Morgan fingerprint density at radius 3 is 2.71 bits per heavy atom. The van der Waals surface area contributed by atoms with E-state index in [0.29, 0.717) is 5.95 Å². The molecule has 0 saturated carbocycles. The molecule has 2 N–H and O–H groups in total. The third kappa shape index (κ3) is 2.95. The summed E-state index contributed by atoms with van der Waals surface area (Å²) in [5.41, 5.74) is 0. The van der Waals surface area contributed by atoms with E-state index in [1.165, 1.54) is 4.88 Å². The van der Waals surface area contributed by atoms with Crippen molar-refractivity contribution in [3.05, 3.63) is 10.9 Å². The van der Waals surface area contributed by atoms with Gasteiger partial charge < -0.3 is 15.3 Å². The number of aromatic nitrogens is 2. The van der Waals surface area contributed by atoms with Gasteiger partial charge in [-0.3, -0.25) is 4.90 Å². The third-order valence-corrected chi connectivity index (χ3v) is 4.75. The van der Waals surface area contributed by atoms with Gasteiger partial charge in [0, 0.05) is 44.6 Å². The van der Waals surface area contributed by atoms with E-state index in [9.17, 15) is 0 Å². The van der Waals surface area contributed by atoms with E-state index < -0.39 is 0 Å². The minimum absolute atomic E-state index is 0.228. The molecule has 6 nitrogen and oxygen atoms in total. The first-order chi connectivity index (χ1) is 10.2. The second-order valence-corrected chi connectivity index (χ2v) is 6.48. The molecule has 1 aliphatic rings. The van der Waals surface area contributed by atoms with Gasteiger partial charge in [0.2, 0.25) is 5.95 Å². The molecule has 0 atom stereocenters. The van der Waals surface area contributed by atoms with Crippen molar-refractivity contribution >= 4 is 33.3 Å². The van der Waals surface area contributed by atoms with Crippen LogP contribution in [0, 0.1) is 6.92 Å². The average molecular weight is 307 g/mol. The number of thiophene rings is 1. The largest absolute Gasteiger partial charge is 0.395 e. The van der Waals surface area contributed by atoms with Crippen molar-refractivity contribution in [2.45, 2.75) is 6.92 Å². The molecular formula is C14H21N5OS. The molecule has 0 bridgehead atoms. The normalized spacial score (nSPS) is 16.6. The Kier molecular flexibility index (Phi) is 4.23. The minimum Gasteiger partial charge on any atom is -0.395 e. The van der Waals surface area contributed by atoms with Crippen LogP contribution in [0.2, 0.25) is 0 Å². The van der Waals surface area contributed by atoms with E-state index >= 15 is 0 Å². The Morgan fingerprint density at radius 1 is 1.29 bits per heavy atom. The van der Waals surface area contributed by atoms with E-state index in [1.807, 2.05) is 7.05 Å². The number of rotatable bonds is 4. The molecule has 0 aliphatic carbocycles. The fourth-order valence-electron chi connectivity index (χ4n) is 2.70. The summed E-state index contributed by atoms with van der Waals surface area (Å²) in [6.45, 7) is 6.88. The smallest absolute Gasteiger partial charge is 0.225 e. The lowest BCUT2D eigenvalue weighted by Crippen LogP contribution is -2.47. The summed E-state index contributed by atoms with van der Waals surface area (Å²) in [4.78, 5) is 16.1. The van der Waals surface area contributed by atoms with E-state index in [4.69, 9.17) is 5.11 Å². The molecule has 1 aliphatic heterocycles. The SMILES string of the molecule is CNc1nc(N2CCN(CCO)CC2)c2cc(C)sc2n1. The van der Waals surface area contributed by atoms with Gasteiger partial charge in [-0.05, 0) is 13.0 Å². The Morgan fingerprint density at radius 2 is 2.05 bits per heavy atom. The molecule has 0 amide bonds. The van der Waals surface area contributed by atoms with Gasteiger partial charge in [-0.25, -0.2) is 4.98 Å². The Labute approximate surface area is 128 Å². The molecule has 2 aromatic rings. The van der Waals surface area contributed by atoms with Crippen molar-refractivity contribution in [1.82, 2.24) is 14.9 Å². The number of hydrogen-bond acceptors (Lipinski definition) is 7. The lowest BCUT2D eigenvalue weighted by molar-refractivity contribution is 0.188. The highest BCUT2D eigenvalue weighted by Crippen LogP contribution is 2.32. The lowest BCUT2D eigenvalue weighted by Gasteiger charge is -2.35. The van der Waals surface area contributed by atoms with Crippen LogP contribution in [0.3, 0.4) is 0 Å². The van der Waals surface area contributed by atoms with Gasteiger partial charge in [0.05, 0.1) is 12.0 Å². The molecule has 1 fully saturated rings. The molecule has 0 spiro atoms. The predicted octanol–water partition coefficient (Wildman–Crippen LogP) is 1.16. The number of aliphatic hydroxyl groups excluding tert-OH is 1. The minimum atomic E-state index is 0.228. The Hall–Kier alpha value is -1.44. The van der Waals surface area contributed by atoms with Crippen molar-refractivity contribution < 1.29 is 5.11 Å². The maximum Gasteiger partial charge on any atom is 0.225 e. The molecule has 0 radical (unpaired) electrons. The zero-order valence-electron chi connectivity index (χ0n) is 12.5. The molecule has 114 valence electrons. The van der Waals surface area contributed by atoms with Crippen LogP contribution in [-0.2, 0) is 0 Å². The standard InChI is InChI=1S/C14H21N5OS/c1-10-9-11-12(16-14(15-2)17-13(11)21-10)19-5-3-18(4-6-19)7-8-20/h9,20H,3-8H2,1-2H3,(H,15,16,17). The van der Waals surface area contributed by atoms with E-state index in [-0.39, 0.29) is 6.61 Å². The van der Waals surface area contributed by atoms with Gasteiger partial charge in [-0.1, -0.05) is 0 Å². The third-order valence-electron chi connectivity index (χ3n) is 3.81. The number of β-amino-alcohol motifs (C(OH)–C–C–N with tert-alkyl or cyclic N) is 1. The summed E-state index contributed by atoms with van der Waals surface area (Å²) in [6.07, 6.45) is 0. The number of aryl methyl sites for hydroxylation is 1. The van der Waals surface area contributed by atoms with Crippen LogP contribution in [0.1, 0.15) is 4.88 Å². The second kappa shape index (κ2) is 6.13. The maximum absolute atomic E-state index is 9.03. The van der Waals surface area contributed by atoms with E-state index in [0.717, 1.165) is 48.8 Å². The van der Waals surface area contributed by atoms with Gasteiger partial charge in [-0.2, -0.15) is 4.98 Å². The van der Waals surface area contributed by atoms with Gasteiger partial charge in [0.25, 0.3) is 0 Å². The summed E-state index contributed by atoms with van der Waals surface area (Å²) < 4.78 is 0. The number of anilines is 2. The van der Waals surface area contributed by atoms with Gasteiger partial charge >= 0.3 is 0 Å². The quantitative estimate of drug-likeness (QED) is 0.883. The fraction of sp³-hybridized carbons (Fsp3) is 0.571. The summed E-state index contributed by atoms with van der Waals surface area (Å²) in [6, 6.07) is 2.18. The molecule has 3 heterocycles. The van der Waals surface area contributed by atoms with Crippen LogP contribution in [-0.4, -0.2) is 66.4 Å². The molecular weight excluding hydrogens is 286 g/mol. The summed E-state index contributed by atoms with van der Waals surface area (Å²) in [7, 11) is 1.85. The molecule has 3 rings (SSSR count). The first kappa shape index (κ1) is 14.5. The van der Waals surface area contributed by atoms with Crippen LogP contribution in [0.15, 0.2) is 6.07 Å². The van der Waals surface area contributed by atoms with Crippen LogP contribution in [0.4, 0.5) is 11.8 Å². The van der Waals surface area contributed by atoms with E-state index in [1.54, 1.807) is 11.3 Å². The molecule has 1 saturated heterocycles. The molecule has 7 heteroatoms. The van der Waals surface area contributed by atoms with E-state index in [2.05, 4.69) is 38.1 Å². The first-order valence-corrected chi connectivity index (χ1v) is 8.07. The van der Waals surface area contributed by atoms with Crippen molar-refractivity contribution in [2.24, 2.45) is 0 Å². The number of fused-ring (bicyclic) bond motifs is 1. The zero-order valence-corrected chi connectivity index (χ0v) is 13.3. The van der Waals surface area contributed by atoms with Crippen molar-refractivity contribution in [2.75, 3.05) is 56.6 Å². The second-order valence-electron chi connectivity index (χ2n) is 5.25. The van der Waals surface area contributed by atoms with Gasteiger partial charge in [-0.15, -0.1) is 11.3 Å². The van der Waals surface area contributed by atoms with Gasteiger partial charge in [0.1, 0.15) is 10.6 Å². The number of aliphatic hydroxyl groups is 1. The van der Waals surface area contributed by atoms with Crippen molar-refractivity contribution in [3.63, 3.8) is 0 Å². The summed E-state index contributed by atoms with van der Waals surface area (Å²) >= 11 is 1.71. The van der Waals surface area contributed by atoms with Crippen LogP contribution >= 0.6 is 11.3 Å². The molecule has 0 unspecified atom stereocenters. The molecule has 0 aromatic carbocycles. The Bertz CT molecular complexity index is 621. The van der Waals surface area contributed by atoms with Crippen molar-refractivity contribution in [1.29, 1.82) is 0 Å². The number of piperazine rings is 1. The van der Waals surface area contributed by atoms with Crippen LogP contribution in [0.25, 0.3) is 10.2 Å². The predicted molar refractivity (Wildman–Crippen MR) is 87.4 cm³/mol. The Balaban J connectivity index is 1.89. The number of hydrogen-bond donors (Lipinski definition) is 2. The molecule has 2 aromatic heterocycles. The topological polar surface area (TPSA) is 64.5 Å². The maximum atomic E-state index is 9.03. The van der Waals surface area contributed by atoms with Crippen LogP contribution < -0.4 is 10.2 Å².